The molecule has 0 aliphatic heterocycles. The number of hydrogen-bond acceptors (Lipinski definition) is 5. The van der Waals surface area contributed by atoms with Crippen molar-refractivity contribution in [1.82, 2.24) is 0 Å². The van der Waals surface area contributed by atoms with Crippen LogP contribution in [-0.2, 0) is 23.9 Å². The minimum Gasteiger partial charge on any atom is -0.481 e. The Morgan fingerprint density at radius 3 is 2.21 bits per heavy atom. The molecule has 1 N–H and O–H groups in total. The second-order valence-electron chi connectivity index (χ2n) is 4.58. The molecule has 1 aliphatic carbocycles. The third kappa shape index (κ3) is 4.89. The van der Waals surface area contributed by atoms with Crippen molar-refractivity contribution in [3.8, 4) is 0 Å². The number of hydrogen-bond donors (Lipinski definition) is 1. The van der Waals surface area contributed by atoms with Gasteiger partial charge in [-0.2, -0.15) is 0 Å². The predicted octanol–water partition coefficient (Wildman–Crippen LogP) is 1.37. The van der Waals surface area contributed by atoms with Gasteiger partial charge in [-0.25, -0.2) is 0 Å². The third-order valence-electron chi connectivity index (χ3n) is 3.27. The van der Waals surface area contributed by atoms with Gasteiger partial charge in [-0.05, 0) is 12.8 Å². The van der Waals surface area contributed by atoms with E-state index in [1.165, 1.54) is 0 Å². The molecular formula is C13H20O6. The van der Waals surface area contributed by atoms with E-state index < -0.39 is 23.8 Å². The maximum absolute atomic E-state index is 11.8. The Kier molecular flexibility index (Phi) is 6.32. The highest BCUT2D eigenvalue weighted by molar-refractivity contribution is 5.81. The van der Waals surface area contributed by atoms with Gasteiger partial charge in [-0.1, -0.05) is 19.8 Å². The molecule has 0 radical (unpaired) electrons. The summed E-state index contributed by atoms with van der Waals surface area (Å²) in [4.78, 5) is 33.7. The molecule has 1 aliphatic rings. The average molecular weight is 272 g/mol. The Labute approximate surface area is 112 Å². The van der Waals surface area contributed by atoms with Gasteiger partial charge in [-0.3, -0.25) is 14.4 Å². The van der Waals surface area contributed by atoms with E-state index in [0.717, 1.165) is 12.8 Å². The van der Waals surface area contributed by atoms with Crippen molar-refractivity contribution in [3.63, 3.8) is 0 Å². The van der Waals surface area contributed by atoms with Crippen LogP contribution in [0.1, 0.15) is 39.0 Å². The van der Waals surface area contributed by atoms with Crippen LogP contribution >= 0.6 is 0 Å². The number of carboxylic acid groups (broad SMARTS) is 1. The molecule has 0 aromatic heterocycles. The summed E-state index contributed by atoms with van der Waals surface area (Å²) in [5.41, 5.74) is 0. The predicted molar refractivity (Wildman–Crippen MR) is 65.3 cm³/mol. The van der Waals surface area contributed by atoms with Crippen molar-refractivity contribution in [2.45, 2.75) is 39.0 Å². The first-order valence-electron chi connectivity index (χ1n) is 6.61. The first-order chi connectivity index (χ1) is 9.06. The highest BCUT2D eigenvalue weighted by atomic mass is 16.6. The summed E-state index contributed by atoms with van der Waals surface area (Å²) in [6.07, 6.45) is 3.01. The minimum absolute atomic E-state index is 0.0167. The molecule has 2 atom stereocenters. The van der Waals surface area contributed by atoms with E-state index in [9.17, 15) is 14.4 Å². The topological polar surface area (TPSA) is 89.9 Å². The smallest absolute Gasteiger partial charge is 0.309 e. The number of aliphatic carboxylic acids is 1. The SMILES string of the molecule is CCC(=O)OCCOC(=O)C1CCCCC1C(=O)O. The van der Waals surface area contributed by atoms with Crippen molar-refractivity contribution in [1.29, 1.82) is 0 Å². The molecule has 0 bridgehead atoms. The van der Waals surface area contributed by atoms with E-state index in [1.54, 1.807) is 6.92 Å². The summed E-state index contributed by atoms with van der Waals surface area (Å²) >= 11 is 0. The summed E-state index contributed by atoms with van der Waals surface area (Å²) in [5.74, 6) is -3.02. The van der Waals surface area contributed by atoms with Crippen molar-refractivity contribution in [3.05, 3.63) is 0 Å². The van der Waals surface area contributed by atoms with Gasteiger partial charge >= 0.3 is 17.9 Å². The van der Waals surface area contributed by atoms with Crippen LogP contribution in [0.4, 0.5) is 0 Å². The van der Waals surface area contributed by atoms with E-state index >= 15 is 0 Å². The molecule has 6 heteroatoms. The molecule has 1 saturated carbocycles. The maximum atomic E-state index is 11.8. The summed E-state index contributed by atoms with van der Waals surface area (Å²) in [5, 5.41) is 9.06. The molecule has 1 fully saturated rings. The largest absolute Gasteiger partial charge is 0.481 e. The van der Waals surface area contributed by atoms with Gasteiger partial charge in [0.2, 0.25) is 0 Å². The van der Waals surface area contributed by atoms with Crippen LogP contribution in [0.15, 0.2) is 0 Å². The van der Waals surface area contributed by atoms with Crippen LogP contribution in [0.2, 0.25) is 0 Å². The number of carboxylic acids is 1. The van der Waals surface area contributed by atoms with Crippen LogP contribution in [0.3, 0.4) is 0 Å². The number of esters is 2. The van der Waals surface area contributed by atoms with Crippen LogP contribution in [0, 0.1) is 11.8 Å². The quantitative estimate of drug-likeness (QED) is 0.580. The van der Waals surface area contributed by atoms with E-state index in [2.05, 4.69) is 0 Å². The fourth-order valence-electron chi connectivity index (χ4n) is 2.22. The van der Waals surface area contributed by atoms with Crippen LogP contribution in [0.25, 0.3) is 0 Å². The summed E-state index contributed by atoms with van der Waals surface area (Å²) in [6, 6.07) is 0. The second kappa shape index (κ2) is 7.76. The average Bonchev–Trinajstić information content (AvgIpc) is 2.42. The standard InChI is InChI=1S/C13H20O6/c1-2-11(14)18-7-8-19-13(17)10-6-4-3-5-9(10)12(15)16/h9-10H,2-8H2,1H3,(H,15,16). The molecule has 108 valence electrons. The number of carbonyl (C=O) groups excluding carboxylic acids is 2. The number of carbonyl (C=O) groups is 3. The minimum atomic E-state index is -0.945. The zero-order valence-corrected chi connectivity index (χ0v) is 11.1. The first-order valence-corrected chi connectivity index (χ1v) is 6.61. The molecule has 0 aromatic carbocycles. The maximum Gasteiger partial charge on any atom is 0.309 e. The first kappa shape index (κ1) is 15.5. The molecule has 0 amide bonds. The highest BCUT2D eigenvalue weighted by Crippen LogP contribution is 2.31. The van der Waals surface area contributed by atoms with Crippen molar-refractivity contribution < 1.29 is 29.0 Å². The van der Waals surface area contributed by atoms with E-state index in [0.29, 0.717) is 12.8 Å². The Morgan fingerprint density at radius 1 is 1.05 bits per heavy atom. The van der Waals surface area contributed by atoms with Crippen molar-refractivity contribution >= 4 is 17.9 Å². The molecule has 0 aromatic rings. The van der Waals surface area contributed by atoms with Gasteiger partial charge in [0.15, 0.2) is 0 Å². The third-order valence-corrected chi connectivity index (χ3v) is 3.27. The molecular weight excluding hydrogens is 252 g/mol. The summed E-state index contributed by atoms with van der Waals surface area (Å²) in [7, 11) is 0. The van der Waals surface area contributed by atoms with E-state index in [-0.39, 0.29) is 25.6 Å². The van der Waals surface area contributed by atoms with Gasteiger partial charge in [0.1, 0.15) is 13.2 Å². The van der Waals surface area contributed by atoms with Crippen LogP contribution in [-0.4, -0.2) is 36.2 Å². The van der Waals surface area contributed by atoms with E-state index in [4.69, 9.17) is 14.6 Å². The summed E-state index contributed by atoms with van der Waals surface area (Å²) in [6.45, 7) is 1.67. The lowest BCUT2D eigenvalue weighted by Gasteiger charge is -2.26. The van der Waals surface area contributed by atoms with Crippen molar-refractivity contribution in [2.75, 3.05) is 13.2 Å². The Hall–Kier alpha value is -1.59. The Morgan fingerprint density at radius 2 is 1.63 bits per heavy atom. The lowest BCUT2D eigenvalue weighted by Crippen LogP contribution is -2.34. The Balaban J connectivity index is 2.34. The van der Waals surface area contributed by atoms with Gasteiger partial charge in [0, 0.05) is 6.42 Å². The molecule has 0 spiro atoms. The zero-order chi connectivity index (χ0) is 14.3. The van der Waals surface area contributed by atoms with Gasteiger partial charge in [0.25, 0.3) is 0 Å². The van der Waals surface area contributed by atoms with Crippen LogP contribution in [0.5, 0.6) is 0 Å². The lowest BCUT2D eigenvalue weighted by atomic mass is 9.79. The normalized spacial score (nSPS) is 22.6. The van der Waals surface area contributed by atoms with Gasteiger partial charge < -0.3 is 14.6 Å². The number of ether oxygens (including phenoxy) is 2. The van der Waals surface area contributed by atoms with Gasteiger partial charge in [-0.15, -0.1) is 0 Å². The monoisotopic (exact) mass is 272 g/mol. The molecule has 19 heavy (non-hydrogen) atoms. The lowest BCUT2D eigenvalue weighted by molar-refractivity contribution is -0.162. The molecule has 0 saturated heterocycles. The second-order valence-corrected chi connectivity index (χ2v) is 4.58. The molecule has 0 heterocycles. The fraction of sp³-hybridized carbons (Fsp3) is 0.769. The molecule has 2 unspecified atom stereocenters. The zero-order valence-electron chi connectivity index (χ0n) is 11.1. The fourth-order valence-corrected chi connectivity index (χ4v) is 2.22. The van der Waals surface area contributed by atoms with Gasteiger partial charge in [0.05, 0.1) is 11.8 Å². The van der Waals surface area contributed by atoms with Crippen LogP contribution < -0.4 is 0 Å². The summed E-state index contributed by atoms with van der Waals surface area (Å²) < 4.78 is 9.75. The highest BCUT2D eigenvalue weighted by Gasteiger charge is 2.36. The molecule has 6 nitrogen and oxygen atoms in total. The van der Waals surface area contributed by atoms with E-state index in [1.807, 2.05) is 0 Å². The molecule has 1 rings (SSSR count). The van der Waals surface area contributed by atoms with Crippen molar-refractivity contribution in [2.24, 2.45) is 11.8 Å². The Bertz CT molecular complexity index is 338. The number of rotatable bonds is 6.